The number of fused-ring (bicyclic) bond motifs is 1. The lowest BCUT2D eigenvalue weighted by Gasteiger charge is -2.47. The molecule has 7 nitrogen and oxygen atoms in total. The number of nitrogens with zero attached hydrogens (tertiary/aromatic N) is 3. The summed E-state index contributed by atoms with van der Waals surface area (Å²) >= 11 is 0. The average molecular weight is 489 g/mol. The zero-order valence-corrected chi connectivity index (χ0v) is 22.0. The number of nitrogens with one attached hydrogen (secondary N) is 1. The van der Waals surface area contributed by atoms with Gasteiger partial charge in [0.15, 0.2) is 0 Å². The van der Waals surface area contributed by atoms with Crippen molar-refractivity contribution in [1.82, 2.24) is 20.1 Å². The standard InChI is InChI=1S/C29H36N4O3/c1-16-15-29(16,4)25-26(34)31-23(21-13-19-9-7-8-10-20(19)14-21)27(35)33(25)24(28(36)32(5)6)22-12-11-17(2)30-18(22)3/h7-12,16,21,23-25H,13-15H2,1-6H3,(H,31,34)/t16?,23-,24-,25+,29?/m1/s1. The Labute approximate surface area is 213 Å². The normalized spacial score (nSPS) is 28.5. The van der Waals surface area contributed by atoms with Gasteiger partial charge in [-0.1, -0.05) is 44.2 Å². The first-order valence-corrected chi connectivity index (χ1v) is 12.9. The van der Waals surface area contributed by atoms with Crippen LogP contribution in [0.1, 0.15) is 54.4 Å². The Morgan fingerprint density at radius 1 is 1.11 bits per heavy atom. The second-order valence-corrected chi connectivity index (χ2v) is 11.4. The third-order valence-electron chi connectivity index (χ3n) is 8.75. The molecule has 5 atom stereocenters. The maximum atomic E-state index is 14.4. The van der Waals surface area contributed by atoms with E-state index in [2.05, 4.69) is 36.3 Å². The minimum Gasteiger partial charge on any atom is -0.347 e. The lowest BCUT2D eigenvalue weighted by atomic mass is 9.84. The molecule has 1 N–H and O–H groups in total. The summed E-state index contributed by atoms with van der Waals surface area (Å²) in [5, 5.41) is 3.12. The first kappa shape index (κ1) is 24.5. The van der Waals surface area contributed by atoms with Crippen LogP contribution in [0.4, 0.5) is 0 Å². The number of likely N-dealkylation sites (N-methyl/N-ethyl adjacent to an activating group) is 1. The molecule has 5 rings (SSSR count). The van der Waals surface area contributed by atoms with Crippen LogP contribution in [0.15, 0.2) is 36.4 Å². The topological polar surface area (TPSA) is 82.6 Å². The Bertz CT molecular complexity index is 1220. The van der Waals surface area contributed by atoms with Crippen molar-refractivity contribution in [3.8, 4) is 0 Å². The molecule has 1 saturated carbocycles. The maximum Gasteiger partial charge on any atom is 0.249 e. The molecule has 2 aliphatic carbocycles. The molecule has 0 bridgehead atoms. The summed E-state index contributed by atoms with van der Waals surface area (Å²) < 4.78 is 0. The monoisotopic (exact) mass is 488 g/mol. The van der Waals surface area contributed by atoms with Crippen molar-refractivity contribution < 1.29 is 14.4 Å². The molecule has 2 fully saturated rings. The number of carbonyl (C=O) groups is 3. The lowest BCUT2D eigenvalue weighted by Crippen LogP contribution is -2.69. The summed E-state index contributed by atoms with van der Waals surface area (Å²) in [6.45, 7) is 7.94. The summed E-state index contributed by atoms with van der Waals surface area (Å²) in [5.74, 6) is -0.306. The highest BCUT2D eigenvalue weighted by molar-refractivity contribution is 6.01. The van der Waals surface area contributed by atoms with E-state index in [1.54, 1.807) is 19.0 Å². The highest BCUT2D eigenvalue weighted by Crippen LogP contribution is 2.57. The molecule has 1 aromatic heterocycles. The number of carbonyl (C=O) groups excluding carboxylic acids is 3. The Balaban J connectivity index is 1.61. The van der Waals surface area contributed by atoms with Gasteiger partial charge in [-0.15, -0.1) is 0 Å². The van der Waals surface area contributed by atoms with Crippen LogP contribution in [-0.2, 0) is 27.2 Å². The van der Waals surface area contributed by atoms with Crippen molar-refractivity contribution in [3.63, 3.8) is 0 Å². The maximum absolute atomic E-state index is 14.4. The minimum atomic E-state index is -0.910. The molecule has 1 aromatic carbocycles. The number of amides is 3. The van der Waals surface area contributed by atoms with E-state index in [1.807, 2.05) is 38.1 Å². The van der Waals surface area contributed by atoms with Gasteiger partial charge < -0.3 is 15.1 Å². The van der Waals surface area contributed by atoms with E-state index in [1.165, 1.54) is 16.0 Å². The Hall–Kier alpha value is -3.22. The summed E-state index contributed by atoms with van der Waals surface area (Å²) in [5.41, 5.74) is 4.29. The van der Waals surface area contributed by atoms with Crippen molar-refractivity contribution in [2.24, 2.45) is 17.3 Å². The van der Waals surface area contributed by atoms with Crippen LogP contribution >= 0.6 is 0 Å². The molecule has 7 heteroatoms. The third kappa shape index (κ3) is 3.89. The van der Waals surface area contributed by atoms with Gasteiger partial charge in [0.25, 0.3) is 0 Å². The van der Waals surface area contributed by atoms with Gasteiger partial charge in [0.05, 0.1) is 0 Å². The summed E-state index contributed by atoms with van der Waals surface area (Å²) in [6.07, 6.45) is 2.30. The Morgan fingerprint density at radius 3 is 2.25 bits per heavy atom. The van der Waals surface area contributed by atoms with Crippen molar-refractivity contribution in [3.05, 3.63) is 64.5 Å². The molecular formula is C29H36N4O3. The largest absolute Gasteiger partial charge is 0.347 e. The molecule has 1 aliphatic heterocycles. The fourth-order valence-electron chi connectivity index (χ4n) is 6.36. The predicted molar refractivity (Wildman–Crippen MR) is 137 cm³/mol. The van der Waals surface area contributed by atoms with Crippen LogP contribution in [0.5, 0.6) is 0 Å². The van der Waals surface area contributed by atoms with Crippen molar-refractivity contribution in [2.45, 2.75) is 65.1 Å². The van der Waals surface area contributed by atoms with Gasteiger partial charge in [-0.2, -0.15) is 0 Å². The van der Waals surface area contributed by atoms with E-state index in [0.717, 1.165) is 25.0 Å². The van der Waals surface area contributed by atoms with Crippen LogP contribution < -0.4 is 5.32 Å². The van der Waals surface area contributed by atoms with Gasteiger partial charge >= 0.3 is 0 Å². The number of aryl methyl sites for hydroxylation is 2. The van der Waals surface area contributed by atoms with Crippen LogP contribution in [-0.4, -0.2) is 58.7 Å². The number of rotatable bonds is 5. The highest BCUT2D eigenvalue weighted by atomic mass is 16.2. The molecule has 0 spiro atoms. The van der Waals surface area contributed by atoms with Crippen LogP contribution in [0.3, 0.4) is 0 Å². The molecule has 3 amide bonds. The van der Waals surface area contributed by atoms with Gasteiger partial charge in [0.1, 0.15) is 18.1 Å². The molecule has 190 valence electrons. The van der Waals surface area contributed by atoms with Crippen LogP contribution in [0.25, 0.3) is 0 Å². The summed E-state index contributed by atoms with van der Waals surface area (Å²) in [4.78, 5) is 49.8. The highest BCUT2D eigenvalue weighted by Gasteiger charge is 2.62. The molecule has 3 aliphatic rings. The number of pyridine rings is 1. The van der Waals surface area contributed by atoms with E-state index in [4.69, 9.17) is 0 Å². The van der Waals surface area contributed by atoms with Crippen molar-refractivity contribution in [2.75, 3.05) is 14.1 Å². The molecule has 2 heterocycles. The molecule has 2 unspecified atom stereocenters. The molecule has 1 saturated heterocycles. The van der Waals surface area contributed by atoms with Gasteiger partial charge in [-0.25, -0.2) is 0 Å². The number of hydrogen-bond donors (Lipinski definition) is 1. The minimum absolute atomic E-state index is 0.0425. The first-order valence-electron chi connectivity index (χ1n) is 12.9. The van der Waals surface area contributed by atoms with Gasteiger partial charge in [-0.05, 0) is 67.6 Å². The quantitative estimate of drug-likeness (QED) is 0.702. The summed E-state index contributed by atoms with van der Waals surface area (Å²) in [6, 6.07) is 9.68. The van der Waals surface area contributed by atoms with E-state index >= 15 is 0 Å². The zero-order valence-electron chi connectivity index (χ0n) is 22.0. The Kier molecular flexibility index (Phi) is 5.92. The van der Waals surface area contributed by atoms with E-state index in [0.29, 0.717) is 11.3 Å². The van der Waals surface area contributed by atoms with E-state index in [-0.39, 0.29) is 35.0 Å². The second kappa shape index (κ2) is 8.71. The number of piperazine rings is 1. The van der Waals surface area contributed by atoms with Gasteiger partial charge in [0, 0.05) is 31.0 Å². The first-order chi connectivity index (χ1) is 17.0. The second-order valence-electron chi connectivity index (χ2n) is 11.4. The van der Waals surface area contributed by atoms with E-state index < -0.39 is 18.1 Å². The number of aromatic nitrogens is 1. The van der Waals surface area contributed by atoms with Crippen LogP contribution in [0, 0.1) is 31.1 Å². The predicted octanol–water partition coefficient (Wildman–Crippen LogP) is 2.98. The Morgan fingerprint density at radius 2 is 1.72 bits per heavy atom. The van der Waals surface area contributed by atoms with Crippen LogP contribution in [0.2, 0.25) is 0 Å². The average Bonchev–Trinajstić information content (AvgIpc) is 3.23. The van der Waals surface area contributed by atoms with Gasteiger partial charge in [-0.3, -0.25) is 19.4 Å². The zero-order chi connectivity index (χ0) is 25.9. The lowest BCUT2D eigenvalue weighted by molar-refractivity contribution is -0.162. The fourth-order valence-corrected chi connectivity index (χ4v) is 6.36. The molecule has 2 aromatic rings. The number of benzene rings is 1. The number of hydrogen-bond acceptors (Lipinski definition) is 4. The molecule has 36 heavy (non-hydrogen) atoms. The van der Waals surface area contributed by atoms with Crippen molar-refractivity contribution in [1.29, 1.82) is 0 Å². The van der Waals surface area contributed by atoms with E-state index in [9.17, 15) is 14.4 Å². The SMILES string of the molecule is Cc1ccc([C@H](C(=O)N(C)C)N2C(=O)[C@@H](C3Cc4ccccc4C3)NC(=O)[C@H]2C2(C)CC2C)c(C)n1. The third-order valence-corrected chi connectivity index (χ3v) is 8.75. The van der Waals surface area contributed by atoms with Gasteiger partial charge in [0.2, 0.25) is 17.7 Å². The smallest absolute Gasteiger partial charge is 0.249 e. The molecule has 0 radical (unpaired) electrons. The summed E-state index contributed by atoms with van der Waals surface area (Å²) in [7, 11) is 3.39. The van der Waals surface area contributed by atoms with Crippen molar-refractivity contribution >= 4 is 17.7 Å². The molecular weight excluding hydrogens is 452 g/mol. The fraction of sp³-hybridized carbons (Fsp3) is 0.517.